The molecule has 4 nitrogen and oxygen atoms in total. The Morgan fingerprint density at radius 3 is 2.62 bits per heavy atom. The lowest BCUT2D eigenvalue weighted by atomic mass is 9.93. The molecule has 16 heavy (non-hydrogen) atoms. The van der Waals surface area contributed by atoms with E-state index in [0.29, 0.717) is 25.4 Å². The maximum atomic E-state index is 11.7. The van der Waals surface area contributed by atoms with Crippen molar-refractivity contribution in [2.45, 2.75) is 33.1 Å². The molecule has 0 saturated carbocycles. The summed E-state index contributed by atoms with van der Waals surface area (Å²) in [6, 6.07) is 0. The zero-order valence-corrected chi connectivity index (χ0v) is 10.4. The van der Waals surface area contributed by atoms with E-state index in [2.05, 4.69) is 19.2 Å². The molecular weight excluding hydrogens is 204 g/mol. The van der Waals surface area contributed by atoms with Crippen molar-refractivity contribution in [1.29, 1.82) is 0 Å². The molecule has 94 valence electrons. The number of ether oxygens (including phenoxy) is 1. The van der Waals surface area contributed by atoms with Crippen molar-refractivity contribution in [3.63, 3.8) is 0 Å². The maximum absolute atomic E-state index is 11.7. The number of hydrogen-bond acceptors (Lipinski definition) is 3. The summed E-state index contributed by atoms with van der Waals surface area (Å²) in [5, 5.41) is 2.96. The topological polar surface area (TPSA) is 64.3 Å². The second-order valence-corrected chi connectivity index (χ2v) is 5.40. The van der Waals surface area contributed by atoms with E-state index in [1.54, 1.807) is 0 Å². The van der Waals surface area contributed by atoms with E-state index >= 15 is 0 Å². The zero-order valence-electron chi connectivity index (χ0n) is 10.4. The van der Waals surface area contributed by atoms with Crippen LogP contribution < -0.4 is 11.1 Å². The molecule has 1 amide bonds. The fourth-order valence-corrected chi connectivity index (χ4v) is 1.69. The summed E-state index contributed by atoms with van der Waals surface area (Å²) in [6.45, 7) is 6.96. The number of carbonyl (C=O) groups excluding carboxylic acids is 1. The van der Waals surface area contributed by atoms with Crippen LogP contribution in [0.4, 0.5) is 0 Å². The van der Waals surface area contributed by atoms with Gasteiger partial charge in [-0.1, -0.05) is 13.8 Å². The van der Waals surface area contributed by atoms with Gasteiger partial charge in [0.1, 0.15) is 0 Å². The predicted molar refractivity (Wildman–Crippen MR) is 64.0 cm³/mol. The minimum absolute atomic E-state index is 0.00860. The summed E-state index contributed by atoms with van der Waals surface area (Å²) in [5.41, 5.74) is 5.60. The molecule has 0 aromatic rings. The van der Waals surface area contributed by atoms with Gasteiger partial charge in [0.25, 0.3) is 0 Å². The minimum atomic E-state index is -0.00860. The highest BCUT2D eigenvalue weighted by Gasteiger charge is 2.20. The SMILES string of the molecule is CC(C)(CN)CNC(=O)CC1CCOCC1. The Kier molecular flexibility index (Phi) is 5.22. The summed E-state index contributed by atoms with van der Waals surface area (Å²) >= 11 is 0. The molecule has 4 heteroatoms. The Labute approximate surface area is 97.9 Å². The van der Waals surface area contributed by atoms with E-state index in [1.165, 1.54) is 0 Å². The quantitative estimate of drug-likeness (QED) is 0.735. The van der Waals surface area contributed by atoms with Gasteiger partial charge in [-0.05, 0) is 30.7 Å². The maximum Gasteiger partial charge on any atom is 0.220 e. The van der Waals surface area contributed by atoms with Crippen LogP contribution >= 0.6 is 0 Å². The van der Waals surface area contributed by atoms with Gasteiger partial charge in [0.15, 0.2) is 0 Å². The first kappa shape index (κ1) is 13.5. The molecule has 1 saturated heterocycles. The number of rotatable bonds is 5. The van der Waals surface area contributed by atoms with Gasteiger partial charge in [-0.15, -0.1) is 0 Å². The molecule has 1 aliphatic heterocycles. The van der Waals surface area contributed by atoms with Crippen molar-refractivity contribution in [2.24, 2.45) is 17.1 Å². The summed E-state index contributed by atoms with van der Waals surface area (Å²) in [4.78, 5) is 11.7. The van der Waals surface area contributed by atoms with Gasteiger partial charge in [0.2, 0.25) is 5.91 Å². The molecule has 0 unspecified atom stereocenters. The monoisotopic (exact) mass is 228 g/mol. The normalized spacial score (nSPS) is 18.4. The summed E-state index contributed by atoms with van der Waals surface area (Å²) < 4.78 is 5.26. The van der Waals surface area contributed by atoms with E-state index in [4.69, 9.17) is 10.5 Å². The summed E-state index contributed by atoms with van der Waals surface area (Å²) in [5.74, 6) is 0.642. The molecular formula is C12H24N2O2. The molecule has 0 radical (unpaired) electrons. The van der Waals surface area contributed by atoms with Gasteiger partial charge in [0.05, 0.1) is 0 Å². The lowest BCUT2D eigenvalue weighted by Gasteiger charge is -2.25. The van der Waals surface area contributed by atoms with E-state index < -0.39 is 0 Å². The molecule has 0 spiro atoms. The molecule has 0 bridgehead atoms. The first-order chi connectivity index (χ1) is 7.53. The third-order valence-electron chi connectivity index (χ3n) is 3.13. The lowest BCUT2D eigenvalue weighted by molar-refractivity contribution is -0.123. The summed E-state index contributed by atoms with van der Waals surface area (Å²) in [6.07, 6.45) is 2.64. The highest BCUT2D eigenvalue weighted by atomic mass is 16.5. The standard InChI is InChI=1S/C12H24N2O2/c1-12(2,8-13)9-14-11(15)7-10-3-5-16-6-4-10/h10H,3-9,13H2,1-2H3,(H,14,15). The van der Waals surface area contributed by atoms with Crippen LogP contribution in [0.3, 0.4) is 0 Å². The average Bonchev–Trinajstić information content (AvgIpc) is 2.28. The predicted octanol–water partition coefficient (Wildman–Crippen LogP) is 0.904. The smallest absolute Gasteiger partial charge is 0.220 e. The minimum Gasteiger partial charge on any atom is -0.381 e. The fourth-order valence-electron chi connectivity index (χ4n) is 1.69. The number of hydrogen-bond donors (Lipinski definition) is 2. The molecule has 1 fully saturated rings. The van der Waals surface area contributed by atoms with E-state index in [9.17, 15) is 4.79 Å². The molecule has 0 aromatic carbocycles. The lowest BCUT2D eigenvalue weighted by Crippen LogP contribution is -2.39. The Morgan fingerprint density at radius 1 is 1.44 bits per heavy atom. The highest BCUT2D eigenvalue weighted by Crippen LogP contribution is 2.18. The van der Waals surface area contributed by atoms with Crippen molar-refractivity contribution >= 4 is 5.91 Å². The first-order valence-electron chi connectivity index (χ1n) is 6.08. The van der Waals surface area contributed by atoms with Crippen LogP contribution in [0, 0.1) is 11.3 Å². The highest BCUT2D eigenvalue weighted by molar-refractivity contribution is 5.76. The van der Waals surface area contributed by atoms with Crippen molar-refractivity contribution in [2.75, 3.05) is 26.3 Å². The van der Waals surface area contributed by atoms with Crippen LogP contribution in [0.5, 0.6) is 0 Å². The van der Waals surface area contributed by atoms with Gasteiger partial charge >= 0.3 is 0 Å². The molecule has 1 rings (SSSR count). The molecule has 0 atom stereocenters. The van der Waals surface area contributed by atoms with Crippen molar-refractivity contribution in [1.82, 2.24) is 5.32 Å². The second-order valence-electron chi connectivity index (χ2n) is 5.40. The zero-order chi connectivity index (χ0) is 12.0. The van der Waals surface area contributed by atoms with Gasteiger partial charge in [0, 0.05) is 26.2 Å². The van der Waals surface area contributed by atoms with Crippen molar-refractivity contribution in [3.05, 3.63) is 0 Å². The molecule has 0 aromatic heterocycles. The third kappa shape index (κ3) is 4.94. The van der Waals surface area contributed by atoms with Crippen LogP contribution in [-0.4, -0.2) is 32.2 Å². The van der Waals surface area contributed by atoms with Crippen LogP contribution in [0.1, 0.15) is 33.1 Å². The second kappa shape index (κ2) is 6.21. The molecule has 0 aliphatic carbocycles. The largest absolute Gasteiger partial charge is 0.381 e. The van der Waals surface area contributed by atoms with Crippen molar-refractivity contribution in [3.8, 4) is 0 Å². The Bertz CT molecular complexity index is 223. The average molecular weight is 228 g/mol. The van der Waals surface area contributed by atoms with E-state index in [-0.39, 0.29) is 11.3 Å². The Hall–Kier alpha value is -0.610. The summed E-state index contributed by atoms with van der Waals surface area (Å²) in [7, 11) is 0. The van der Waals surface area contributed by atoms with Crippen LogP contribution in [-0.2, 0) is 9.53 Å². The van der Waals surface area contributed by atoms with Gasteiger partial charge in [-0.3, -0.25) is 4.79 Å². The van der Waals surface area contributed by atoms with E-state index in [0.717, 1.165) is 26.1 Å². The van der Waals surface area contributed by atoms with Gasteiger partial charge in [-0.2, -0.15) is 0 Å². The van der Waals surface area contributed by atoms with Crippen LogP contribution in [0.2, 0.25) is 0 Å². The number of carbonyl (C=O) groups is 1. The number of nitrogens with two attached hydrogens (primary N) is 1. The number of nitrogens with one attached hydrogen (secondary N) is 1. The van der Waals surface area contributed by atoms with Gasteiger partial charge < -0.3 is 15.8 Å². The molecule has 1 aliphatic rings. The van der Waals surface area contributed by atoms with Crippen LogP contribution in [0.25, 0.3) is 0 Å². The van der Waals surface area contributed by atoms with Gasteiger partial charge in [-0.25, -0.2) is 0 Å². The number of amides is 1. The Morgan fingerprint density at radius 2 is 2.06 bits per heavy atom. The van der Waals surface area contributed by atoms with Crippen molar-refractivity contribution < 1.29 is 9.53 Å². The van der Waals surface area contributed by atoms with E-state index in [1.807, 2.05) is 0 Å². The molecule has 1 heterocycles. The fraction of sp³-hybridized carbons (Fsp3) is 0.917. The van der Waals surface area contributed by atoms with Crippen LogP contribution in [0.15, 0.2) is 0 Å². The first-order valence-corrected chi connectivity index (χ1v) is 6.08. The third-order valence-corrected chi connectivity index (χ3v) is 3.13. The Balaban J connectivity index is 2.19. The molecule has 3 N–H and O–H groups in total.